The zero-order valence-electron chi connectivity index (χ0n) is 12.6. The van der Waals surface area contributed by atoms with E-state index in [1.54, 1.807) is 0 Å². The number of nitrogens with one attached hydrogen (secondary N) is 1. The third kappa shape index (κ3) is 1.77. The lowest BCUT2D eigenvalue weighted by atomic mass is 10.00. The lowest BCUT2D eigenvalue weighted by molar-refractivity contribution is 0.621. The molecule has 2 aliphatic heterocycles. The number of hydrogen-bond donors (Lipinski definition) is 1. The maximum absolute atomic E-state index is 3.36. The Kier molecular flexibility index (Phi) is 2.89. The molecular weight excluding hydrogens is 258 g/mol. The Morgan fingerprint density at radius 1 is 1.10 bits per heavy atom. The lowest BCUT2D eigenvalue weighted by Crippen LogP contribution is -2.31. The van der Waals surface area contributed by atoms with E-state index in [0.29, 0.717) is 6.04 Å². The summed E-state index contributed by atoms with van der Waals surface area (Å²) in [5.41, 5.74) is 7.03. The summed E-state index contributed by atoms with van der Waals surface area (Å²) >= 11 is 0. The van der Waals surface area contributed by atoms with Gasteiger partial charge in [0.1, 0.15) is 0 Å². The summed E-state index contributed by atoms with van der Waals surface area (Å²) in [5.74, 6) is 0. The van der Waals surface area contributed by atoms with Crippen molar-refractivity contribution in [1.29, 1.82) is 0 Å². The first-order chi connectivity index (χ1) is 10.3. The third-order valence-corrected chi connectivity index (χ3v) is 4.80. The predicted molar refractivity (Wildman–Crippen MR) is 88.7 cm³/mol. The van der Waals surface area contributed by atoms with Gasteiger partial charge in [-0.3, -0.25) is 0 Å². The molecule has 21 heavy (non-hydrogen) atoms. The molecule has 2 heterocycles. The number of anilines is 3. The standard InChI is InChI=1S/C18H21N3/c1-19-12-17-14-7-5-6-13-10-11-21(18(13)14)16-9-4-3-8-15(16)20(17)2/h3-9,17,19H,10-12H2,1-2H3. The molecule has 1 atom stereocenters. The van der Waals surface area contributed by atoms with E-state index >= 15 is 0 Å². The van der Waals surface area contributed by atoms with E-state index in [1.807, 2.05) is 7.05 Å². The molecule has 0 saturated carbocycles. The monoisotopic (exact) mass is 279 g/mol. The summed E-state index contributed by atoms with van der Waals surface area (Å²) in [6, 6.07) is 15.9. The highest BCUT2D eigenvalue weighted by Crippen LogP contribution is 2.48. The predicted octanol–water partition coefficient (Wildman–Crippen LogP) is 3.09. The Morgan fingerprint density at radius 3 is 2.71 bits per heavy atom. The van der Waals surface area contributed by atoms with E-state index in [9.17, 15) is 0 Å². The maximum Gasteiger partial charge on any atom is 0.0684 e. The van der Waals surface area contributed by atoms with Crippen molar-refractivity contribution in [3.63, 3.8) is 0 Å². The first kappa shape index (κ1) is 12.7. The second kappa shape index (κ2) is 4.78. The fourth-order valence-electron chi connectivity index (χ4n) is 3.80. The van der Waals surface area contributed by atoms with Crippen LogP contribution < -0.4 is 15.1 Å². The van der Waals surface area contributed by atoms with Crippen LogP contribution in [0, 0.1) is 0 Å². The average Bonchev–Trinajstić information content (AvgIpc) is 2.92. The molecule has 108 valence electrons. The van der Waals surface area contributed by atoms with Crippen molar-refractivity contribution < 1.29 is 0 Å². The fraction of sp³-hybridized carbons (Fsp3) is 0.333. The zero-order valence-corrected chi connectivity index (χ0v) is 12.6. The third-order valence-electron chi connectivity index (χ3n) is 4.80. The quantitative estimate of drug-likeness (QED) is 0.911. The van der Waals surface area contributed by atoms with Crippen LogP contribution in [0.5, 0.6) is 0 Å². The first-order valence-electron chi connectivity index (χ1n) is 7.67. The minimum absolute atomic E-state index is 0.370. The summed E-state index contributed by atoms with van der Waals surface area (Å²) in [7, 11) is 4.24. The Labute approximate surface area is 126 Å². The molecule has 1 N–H and O–H groups in total. The van der Waals surface area contributed by atoms with Crippen LogP contribution in [0.2, 0.25) is 0 Å². The molecule has 0 radical (unpaired) electrons. The normalized spacial score (nSPS) is 19.2. The van der Waals surface area contributed by atoms with Crippen molar-refractivity contribution >= 4 is 17.1 Å². The van der Waals surface area contributed by atoms with Gasteiger partial charge in [-0.05, 0) is 36.7 Å². The van der Waals surface area contributed by atoms with Gasteiger partial charge in [-0.1, -0.05) is 30.3 Å². The van der Waals surface area contributed by atoms with Gasteiger partial charge >= 0.3 is 0 Å². The van der Waals surface area contributed by atoms with Crippen LogP contribution in [-0.2, 0) is 6.42 Å². The molecule has 2 aliphatic rings. The van der Waals surface area contributed by atoms with Gasteiger partial charge in [0.05, 0.1) is 17.4 Å². The van der Waals surface area contributed by atoms with Crippen molar-refractivity contribution in [3.8, 4) is 0 Å². The van der Waals surface area contributed by atoms with Crippen LogP contribution in [0.3, 0.4) is 0 Å². The first-order valence-corrected chi connectivity index (χ1v) is 7.67. The molecule has 0 fully saturated rings. The van der Waals surface area contributed by atoms with E-state index in [4.69, 9.17) is 0 Å². The number of likely N-dealkylation sites (N-methyl/N-ethyl adjacent to an activating group) is 2. The molecule has 2 aromatic carbocycles. The zero-order chi connectivity index (χ0) is 14.4. The van der Waals surface area contributed by atoms with Crippen LogP contribution in [0.4, 0.5) is 17.1 Å². The summed E-state index contributed by atoms with van der Waals surface area (Å²) in [6.45, 7) is 2.04. The van der Waals surface area contributed by atoms with E-state index < -0.39 is 0 Å². The van der Waals surface area contributed by atoms with E-state index in [1.165, 1.54) is 28.2 Å². The van der Waals surface area contributed by atoms with Crippen LogP contribution >= 0.6 is 0 Å². The van der Waals surface area contributed by atoms with Crippen molar-refractivity contribution in [2.24, 2.45) is 0 Å². The van der Waals surface area contributed by atoms with Crippen LogP contribution in [0.1, 0.15) is 17.2 Å². The number of benzene rings is 2. The Morgan fingerprint density at radius 2 is 1.90 bits per heavy atom. The minimum Gasteiger partial charge on any atom is -0.364 e. The second-order valence-electron chi connectivity index (χ2n) is 5.93. The molecule has 3 nitrogen and oxygen atoms in total. The summed E-state index contributed by atoms with van der Waals surface area (Å²) in [5, 5.41) is 3.36. The Balaban J connectivity index is 1.99. The molecule has 3 heteroatoms. The molecule has 0 spiro atoms. The molecule has 0 amide bonds. The molecule has 0 saturated heterocycles. The number of para-hydroxylation sites is 3. The molecule has 0 aliphatic carbocycles. The van der Waals surface area contributed by atoms with Crippen molar-refractivity contribution in [1.82, 2.24) is 5.32 Å². The Bertz CT molecular complexity index is 680. The molecule has 0 aromatic heterocycles. The highest BCUT2D eigenvalue weighted by Gasteiger charge is 2.33. The average molecular weight is 279 g/mol. The minimum atomic E-state index is 0.370. The van der Waals surface area contributed by atoms with Gasteiger partial charge < -0.3 is 15.1 Å². The summed E-state index contributed by atoms with van der Waals surface area (Å²) < 4.78 is 0. The second-order valence-corrected chi connectivity index (χ2v) is 5.93. The van der Waals surface area contributed by atoms with E-state index in [0.717, 1.165) is 19.5 Å². The molecule has 1 unspecified atom stereocenters. The lowest BCUT2D eigenvalue weighted by Gasteiger charge is -2.30. The van der Waals surface area contributed by atoms with Gasteiger partial charge in [-0.2, -0.15) is 0 Å². The van der Waals surface area contributed by atoms with Gasteiger partial charge in [-0.25, -0.2) is 0 Å². The highest BCUT2D eigenvalue weighted by atomic mass is 15.2. The molecular formula is C18H21N3. The van der Waals surface area contributed by atoms with Gasteiger partial charge in [0.25, 0.3) is 0 Å². The van der Waals surface area contributed by atoms with Crippen molar-refractivity contribution in [2.45, 2.75) is 12.5 Å². The molecule has 0 bridgehead atoms. The summed E-state index contributed by atoms with van der Waals surface area (Å²) in [4.78, 5) is 4.92. The van der Waals surface area contributed by atoms with Crippen molar-refractivity contribution in [2.75, 3.05) is 37.0 Å². The van der Waals surface area contributed by atoms with Crippen molar-refractivity contribution in [3.05, 3.63) is 53.6 Å². The van der Waals surface area contributed by atoms with Gasteiger partial charge in [0, 0.05) is 25.8 Å². The topological polar surface area (TPSA) is 18.5 Å². The van der Waals surface area contributed by atoms with Crippen LogP contribution in [-0.4, -0.2) is 27.2 Å². The van der Waals surface area contributed by atoms with Crippen LogP contribution in [0.25, 0.3) is 0 Å². The van der Waals surface area contributed by atoms with Gasteiger partial charge in [-0.15, -0.1) is 0 Å². The number of hydrogen-bond acceptors (Lipinski definition) is 3. The highest BCUT2D eigenvalue weighted by molar-refractivity contribution is 5.84. The number of fused-ring (bicyclic) bond motifs is 2. The SMILES string of the molecule is CNCC1c2cccc3c2N(CC3)c2ccccc2N1C. The van der Waals surface area contributed by atoms with Gasteiger partial charge in [0.15, 0.2) is 0 Å². The largest absolute Gasteiger partial charge is 0.364 e. The summed E-state index contributed by atoms with van der Waals surface area (Å²) in [6.07, 6.45) is 1.15. The Hall–Kier alpha value is -2.00. The van der Waals surface area contributed by atoms with E-state index in [-0.39, 0.29) is 0 Å². The maximum atomic E-state index is 3.36. The smallest absolute Gasteiger partial charge is 0.0684 e. The number of rotatable bonds is 2. The van der Waals surface area contributed by atoms with E-state index in [2.05, 4.69) is 64.6 Å². The van der Waals surface area contributed by atoms with Crippen LogP contribution in [0.15, 0.2) is 42.5 Å². The number of nitrogens with zero attached hydrogens (tertiary/aromatic N) is 2. The molecule has 4 rings (SSSR count). The fourth-order valence-corrected chi connectivity index (χ4v) is 3.80. The molecule has 2 aromatic rings. The van der Waals surface area contributed by atoms with Gasteiger partial charge in [0.2, 0.25) is 0 Å².